The van der Waals surface area contributed by atoms with Gasteiger partial charge in [-0.2, -0.15) is 0 Å². The summed E-state index contributed by atoms with van der Waals surface area (Å²) < 4.78 is 22.4. The van der Waals surface area contributed by atoms with Crippen LogP contribution in [0.4, 0.5) is 0 Å². The van der Waals surface area contributed by atoms with Gasteiger partial charge < -0.3 is 10.4 Å². The molecule has 5 nitrogen and oxygen atoms in total. The summed E-state index contributed by atoms with van der Waals surface area (Å²) in [5.41, 5.74) is 0. The highest BCUT2D eigenvalue weighted by Gasteiger charge is 2.29. The zero-order chi connectivity index (χ0) is 12.3. The minimum absolute atomic E-state index is 0.0445. The third-order valence-corrected chi connectivity index (χ3v) is 4.75. The first-order valence-electron chi connectivity index (χ1n) is 5.48. The van der Waals surface area contributed by atoms with Crippen molar-refractivity contribution < 1.29 is 18.3 Å². The highest BCUT2D eigenvalue weighted by atomic mass is 32.2. The van der Waals surface area contributed by atoms with E-state index in [0.29, 0.717) is 13.0 Å². The van der Waals surface area contributed by atoms with Gasteiger partial charge in [-0.3, -0.25) is 4.79 Å². The molecule has 0 aliphatic carbocycles. The molecule has 1 rings (SSSR count). The van der Waals surface area contributed by atoms with Crippen molar-refractivity contribution in [1.82, 2.24) is 5.32 Å². The number of aliphatic carboxylic acids is 1. The Bertz CT molecular complexity index is 350. The summed E-state index contributed by atoms with van der Waals surface area (Å²) >= 11 is 0. The molecule has 1 fully saturated rings. The fourth-order valence-electron chi connectivity index (χ4n) is 1.86. The van der Waals surface area contributed by atoms with E-state index in [1.165, 1.54) is 0 Å². The lowest BCUT2D eigenvalue weighted by molar-refractivity contribution is -0.143. The fraction of sp³-hybridized carbons (Fsp3) is 0.900. The van der Waals surface area contributed by atoms with Crippen LogP contribution in [-0.4, -0.2) is 43.6 Å². The number of hydrogen-bond donors (Lipinski definition) is 2. The molecule has 0 aromatic rings. The molecule has 2 atom stereocenters. The molecular weight excluding hydrogens is 230 g/mol. The van der Waals surface area contributed by atoms with E-state index < -0.39 is 21.7 Å². The Morgan fingerprint density at radius 2 is 2.12 bits per heavy atom. The Morgan fingerprint density at radius 1 is 1.50 bits per heavy atom. The highest BCUT2D eigenvalue weighted by molar-refractivity contribution is 7.91. The topological polar surface area (TPSA) is 83.5 Å². The van der Waals surface area contributed by atoms with Gasteiger partial charge in [0.2, 0.25) is 0 Å². The molecule has 1 heterocycles. The molecular formula is C10H19NO4S. The van der Waals surface area contributed by atoms with Crippen LogP contribution in [-0.2, 0) is 14.6 Å². The second-order valence-corrected chi connectivity index (χ2v) is 6.93. The predicted octanol–water partition coefficient (Wildman–Crippen LogP) is 0.120. The van der Waals surface area contributed by atoms with E-state index in [9.17, 15) is 13.2 Å². The first-order chi connectivity index (χ1) is 7.32. The van der Waals surface area contributed by atoms with E-state index in [0.717, 1.165) is 0 Å². The summed E-state index contributed by atoms with van der Waals surface area (Å²) in [6.45, 7) is 4.05. The smallest absolute Gasteiger partial charge is 0.308 e. The normalized spacial score (nSPS) is 25.8. The Balaban J connectivity index is 2.42. The maximum atomic E-state index is 11.2. The standard InChI is InChI=1S/C10H19NO4S/c1-7(2)9(10(12)13)5-11-8-3-4-16(14,15)6-8/h7-9,11H,3-6H2,1-2H3,(H,12,13). The Morgan fingerprint density at radius 3 is 2.50 bits per heavy atom. The van der Waals surface area contributed by atoms with Crippen molar-refractivity contribution in [3.8, 4) is 0 Å². The van der Waals surface area contributed by atoms with Crippen molar-refractivity contribution in [3.05, 3.63) is 0 Å². The number of carboxylic acids is 1. The van der Waals surface area contributed by atoms with Gasteiger partial charge in [-0.05, 0) is 12.3 Å². The molecule has 1 aliphatic heterocycles. The highest BCUT2D eigenvalue weighted by Crippen LogP contribution is 2.14. The van der Waals surface area contributed by atoms with Gasteiger partial charge in [0.1, 0.15) is 0 Å². The largest absolute Gasteiger partial charge is 0.481 e. The van der Waals surface area contributed by atoms with Crippen molar-refractivity contribution in [3.63, 3.8) is 0 Å². The first-order valence-corrected chi connectivity index (χ1v) is 7.30. The summed E-state index contributed by atoms with van der Waals surface area (Å²) in [5, 5.41) is 12.0. The van der Waals surface area contributed by atoms with Crippen molar-refractivity contribution >= 4 is 15.8 Å². The average molecular weight is 249 g/mol. The van der Waals surface area contributed by atoms with Gasteiger partial charge in [-0.25, -0.2) is 8.42 Å². The Labute approximate surface area is 96.1 Å². The number of nitrogens with one attached hydrogen (secondary N) is 1. The molecule has 1 saturated heterocycles. The van der Waals surface area contributed by atoms with Crippen LogP contribution in [0.1, 0.15) is 20.3 Å². The van der Waals surface area contributed by atoms with Gasteiger partial charge in [-0.15, -0.1) is 0 Å². The average Bonchev–Trinajstić information content (AvgIpc) is 2.44. The van der Waals surface area contributed by atoms with E-state index in [4.69, 9.17) is 5.11 Å². The molecule has 2 N–H and O–H groups in total. The number of hydrogen-bond acceptors (Lipinski definition) is 4. The lowest BCUT2D eigenvalue weighted by Gasteiger charge is -2.19. The summed E-state index contributed by atoms with van der Waals surface area (Å²) in [6.07, 6.45) is 0.590. The number of carboxylic acid groups (broad SMARTS) is 1. The molecule has 16 heavy (non-hydrogen) atoms. The maximum absolute atomic E-state index is 11.2. The molecule has 1 aliphatic rings. The predicted molar refractivity (Wildman–Crippen MR) is 61.0 cm³/mol. The van der Waals surface area contributed by atoms with Crippen LogP contribution in [0, 0.1) is 11.8 Å². The number of carbonyl (C=O) groups is 1. The van der Waals surface area contributed by atoms with Crippen molar-refractivity contribution in [1.29, 1.82) is 0 Å². The van der Waals surface area contributed by atoms with Gasteiger partial charge >= 0.3 is 5.97 Å². The lowest BCUT2D eigenvalue weighted by Crippen LogP contribution is -2.38. The third kappa shape index (κ3) is 3.75. The minimum Gasteiger partial charge on any atom is -0.481 e. The molecule has 0 aromatic carbocycles. The van der Waals surface area contributed by atoms with E-state index in [1.54, 1.807) is 0 Å². The summed E-state index contributed by atoms with van der Waals surface area (Å²) in [6, 6.07) is -0.0781. The summed E-state index contributed by atoms with van der Waals surface area (Å²) in [7, 11) is -2.89. The van der Waals surface area contributed by atoms with Crippen LogP contribution < -0.4 is 5.32 Å². The van der Waals surface area contributed by atoms with Crippen molar-refractivity contribution in [2.24, 2.45) is 11.8 Å². The van der Waals surface area contributed by atoms with Crippen LogP contribution >= 0.6 is 0 Å². The second-order valence-electron chi connectivity index (χ2n) is 4.70. The fourth-order valence-corrected chi connectivity index (χ4v) is 3.57. The SMILES string of the molecule is CC(C)C(CNC1CCS(=O)(=O)C1)C(=O)O. The van der Waals surface area contributed by atoms with E-state index in [2.05, 4.69) is 5.32 Å². The van der Waals surface area contributed by atoms with Crippen LogP contribution in [0.2, 0.25) is 0 Å². The van der Waals surface area contributed by atoms with Gasteiger partial charge in [-0.1, -0.05) is 13.8 Å². The molecule has 0 saturated carbocycles. The zero-order valence-electron chi connectivity index (χ0n) is 9.64. The van der Waals surface area contributed by atoms with Crippen molar-refractivity contribution in [2.75, 3.05) is 18.1 Å². The van der Waals surface area contributed by atoms with Crippen LogP contribution in [0.5, 0.6) is 0 Å². The van der Waals surface area contributed by atoms with E-state index in [1.807, 2.05) is 13.8 Å². The third-order valence-electron chi connectivity index (χ3n) is 2.98. The molecule has 0 bridgehead atoms. The molecule has 2 unspecified atom stereocenters. The van der Waals surface area contributed by atoms with Crippen LogP contribution in [0.15, 0.2) is 0 Å². The Hall–Kier alpha value is -0.620. The molecule has 0 amide bonds. The lowest BCUT2D eigenvalue weighted by atomic mass is 9.96. The van der Waals surface area contributed by atoms with E-state index in [-0.39, 0.29) is 23.5 Å². The van der Waals surface area contributed by atoms with Gasteiger partial charge in [0.25, 0.3) is 0 Å². The van der Waals surface area contributed by atoms with Gasteiger partial charge in [0.15, 0.2) is 9.84 Å². The molecule has 94 valence electrons. The quantitative estimate of drug-likeness (QED) is 0.723. The summed E-state index contributed by atoms with van der Waals surface area (Å²) in [4.78, 5) is 10.9. The van der Waals surface area contributed by atoms with Gasteiger partial charge in [0, 0.05) is 12.6 Å². The van der Waals surface area contributed by atoms with Crippen molar-refractivity contribution in [2.45, 2.75) is 26.3 Å². The second kappa shape index (κ2) is 5.14. The molecule has 0 spiro atoms. The monoisotopic (exact) mass is 249 g/mol. The summed E-state index contributed by atoms with van der Waals surface area (Å²) in [5.74, 6) is -0.892. The molecule has 0 aromatic heterocycles. The maximum Gasteiger partial charge on any atom is 0.308 e. The minimum atomic E-state index is -2.89. The zero-order valence-corrected chi connectivity index (χ0v) is 10.5. The van der Waals surface area contributed by atoms with Gasteiger partial charge in [0.05, 0.1) is 17.4 Å². The van der Waals surface area contributed by atoms with Crippen LogP contribution in [0.25, 0.3) is 0 Å². The van der Waals surface area contributed by atoms with Crippen LogP contribution in [0.3, 0.4) is 0 Å². The Kier molecular flexibility index (Phi) is 4.32. The number of sulfone groups is 1. The first kappa shape index (κ1) is 13.4. The van der Waals surface area contributed by atoms with E-state index >= 15 is 0 Å². The number of rotatable bonds is 5. The molecule has 6 heteroatoms. The molecule has 0 radical (unpaired) electrons.